The van der Waals surface area contributed by atoms with Gasteiger partial charge in [0.15, 0.2) is 5.76 Å². The van der Waals surface area contributed by atoms with E-state index in [9.17, 15) is 0 Å². The first kappa shape index (κ1) is 17.0. The van der Waals surface area contributed by atoms with Crippen LogP contribution in [0.25, 0.3) is 22.9 Å². The molecule has 5 heteroatoms. The Kier molecular flexibility index (Phi) is 4.42. The molecule has 27 heavy (non-hydrogen) atoms. The van der Waals surface area contributed by atoms with Crippen LogP contribution in [0, 0.1) is 20.8 Å². The van der Waals surface area contributed by atoms with Gasteiger partial charge in [0.2, 0.25) is 5.89 Å². The van der Waals surface area contributed by atoms with Crippen molar-refractivity contribution < 1.29 is 4.42 Å². The van der Waals surface area contributed by atoms with E-state index in [0.717, 1.165) is 33.8 Å². The predicted octanol–water partition coefficient (Wildman–Crippen LogP) is 5.47. The van der Waals surface area contributed by atoms with E-state index in [0.29, 0.717) is 17.5 Å². The zero-order valence-electron chi connectivity index (χ0n) is 15.5. The minimum atomic E-state index is 0.612. The Hall–Kier alpha value is -3.47. The summed E-state index contributed by atoms with van der Waals surface area (Å²) in [4.78, 5) is 13.4. The van der Waals surface area contributed by atoms with E-state index < -0.39 is 0 Å². The maximum Gasteiger partial charge on any atom is 0.227 e. The smallest absolute Gasteiger partial charge is 0.227 e. The molecule has 4 aromatic rings. The van der Waals surface area contributed by atoms with Crippen molar-refractivity contribution in [2.24, 2.45) is 0 Å². The highest BCUT2D eigenvalue weighted by Crippen LogP contribution is 2.30. The van der Waals surface area contributed by atoms with Crippen LogP contribution >= 0.6 is 0 Å². The molecule has 0 saturated carbocycles. The lowest BCUT2D eigenvalue weighted by Crippen LogP contribution is -1.96. The van der Waals surface area contributed by atoms with Crippen molar-refractivity contribution in [3.63, 3.8) is 0 Å². The van der Waals surface area contributed by atoms with Crippen molar-refractivity contribution in [2.45, 2.75) is 20.8 Å². The molecule has 0 saturated heterocycles. The molecule has 0 fully saturated rings. The Morgan fingerprint density at radius 1 is 0.852 bits per heavy atom. The number of aryl methyl sites for hydroxylation is 3. The quantitative estimate of drug-likeness (QED) is 0.525. The highest BCUT2D eigenvalue weighted by Gasteiger charge is 2.14. The summed E-state index contributed by atoms with van der Waals surface area (Å²) in [5.41, 5.74) is 5.16. The number of hydrogen-bond donors (Lipinski definition) is 1. The van der Waals surface area contributed by atoms with Gasteiger partial charge in [-0.05, 0) is 61.7 Å². The van der Waals surface area contributed by atoms with Crippen molar-refractivity contribution in [1.29, 1.82) is 0 Å². The molecule has 0 unspecified atom stereocenters. The third-order valence-corrected chi connectivity index (χ3v) is 4.37. The van der Waals surface area contributed by atoms with Crippen LogP contribution in [0.15, 0.2) is 65.3 Å². The molecule has 0 bridgehead atoms. The Morgan fingerprint density at radius 3 is 2.41 bits per heavy atom. The number of hydrogen-bond acceptors (Lipinski definition) is 5. The molecular formula is C22H20N4O. The van der Waals surface area contributed by atoms with Crippen molar-refractivity contribution in [3.05, 3.63) is 77.6 Å². The summed E-state index contributed by atoms with van der Waals surface area (Å²) in [6.45, 7) is 6.15. The molecule has 5 nitrogen and oxygen atoms in total. The molecule has 0 atom stereocenters. The summed E-state index contributed by atoms with van der Waals surface area (Å²) < 4.78 is 6.02. The van der Waals surface area contributed by atoms with Crippen LogP contribution in [0.2, 0.25) is 0 Å². The number of pyridine rings is 2. The minimum Gasteiger partial charge on any atom is -0.434 e. The van der Waals surface area contributed by atoms with Crippen molar-refractivity contribution >= 4 is 11.6 Å². The lowest BCUT2D eigenvalue weighted by atomic mass is 10.0. The van der Waals surface area contributed by atoms with Crippen molar-refractivity contribution in [3.8, 4) is 22.9 Å². The van der Waals surface area contributed by atoms with Gasteiger partial charge in [0.05, 0.1) is 6.20 Å². The SMILES string of the molecule is Cc1ccnc(Nc2cccc(-c3cnc(-c4c(C)cccc4C)o3)n2)c1. The molecule has 3 heterocycles. The van der Waals surface area contributed by atoms with Gasteiger partial charge in [-0.3, -0.25) is 0 Å². The molecule has 0 aliphatic carbocycles. The number of oxazole rings is 1. The zero-order valence-corrected chi connectivity index (χ0v) is 15.5. The molecule has 3 aromatic heterocycles. The normalized spacial score (nSPS) is 10.8. The summed E-state index contributed by atoms with van der Waals surface area (Å²) in [6, 6.07) is 15.8. The molecule has 1 N–H and O–H groups in total. The molecule has 0 radical (unpaired) electrons. The topological polar surface area (TPSA) is 63.8 Å². The van der Waals surface area contributed by atoms with Gasteiger partial charge in [-0.1, -0.05) is 24.3 Å². The average molecular weight is 356 g/mol. The summed E-state index contributed by atoms with van der Waals surface area (Å²) in [6.07, 6.45) is 3.49. The maximum absolute atomic E-state index is 6.02. The Balaban J connectivity index is 1.64. The van der Waals surface area contributed by atoms with Crippen LogP contribution in [0.1, 0.15) is 16.7 Å². The molecule has 0 aliphatic rings. The van der Waals surface area contributed by atoms with Gasteiger partial charge in [0, 0.05) is 11.8 Å². The third-order valence-electron chi connectivity index (χ3n) is 4.37. The van der Waals surface area contributed by atoms with E-state index >= 15 is 0 Å². The van der Waals surface area contributed by atoms with E-state index in [1.165, 1.54) is 0 Å². The first-order chi connectivity index (χ1) is 13.1. The zero-order chi connectivity index (χ0) is 18.8. The fourth-order valence-corrected chi connectivity index (χ4v) is 3.04. The first-order valence-electron chi connectivity index (χ1n) is 8.80. The van der Waals surface area contributed by atoms with Crippen LogP contribution in [-0.2, 0) is 0 Å². The fourth-order valence-electron chi connectivity index (χ4n) is 3.04. The van der Waals surface area contributed by atoms with Crippen LogP contribution in [0.5, 0.6) is 0 Å². The van der Waals surface area contributed by atoms with E-state index in [1.807, 2.05) is 43.3 Å². The van der Waals surface area contributed by atoms with Gasteiger partial charge in [0.1, 0.15) is 17.3 Å². The Morgan fingerprint density at radius 2 is 1.63 bits per heavy atom. The summed E-state index contributed by atoms with van der Waals surface area (Å²) >= 11 is 0. The van der Waals surface area contributed by atoms with Crippen LogP contribution in [0.4, 0.5) is 11.6 Å². The summed E-state index contributed by atoms with van der Waals surface area (Å²) in [5, 5.41) is 3.23. The lowest BCUT2D eigenvalue weighted by Gasteiger charge is -2.07. The number of nitrogens with one attached hydrogen (secondary N) is 1. The van der Waals surface area contributed by atoms with E-state index in [-0.39, 0.29) is 0 Å². The van der Waals surface area contributed by atoms with Gasteiger partial charge in [0.25, 0.3) is 0 Å². The van der Waals surface area contributed by atoms with Crippen molar-refractivity contribution in [1.82, 2.24) is 15.0 Å². The highest BCUT2D eigenvalue weighted by molar-refractivity contribution is 5.66. The summed E-state index contributed by atoms with van der Waals surface area (Å²) in [7, 11) is 0. The lowest BCUT2D eigenvalue weighted by molar-refractivity contribution is 0.585. The number of anilines is 2. The molecule has 1 aromatic carbocycles. The number of nitrogens with zero attached hydrogens (tertiary/aromatic N) is 3. The first-order valence-corrected chi connectivity index (χ1v) is 8.80. The van der Waals surface area contributed by atoms with Gasteiger partial charge in [-0.25, -0.2) is 15.0 Å². The Bertz CT molecular complexity index is 1080. The van der Waals surface area contributed by atoms with Crippen molar-refractivity contribution in [2.75, 3.05) is 5.32 Å². The number of aromatic nitrogens is 3. The molecular weight excluding hydrogens is 336 g/mol. The van der Waals surface area contributed by atoms with Gasteiger partial charge in [-0.15, -0.1) is 0 Å². The largest absolute Gasteiger partial charge is 0.434 e. The molecule has 134 valence electrons. The Labute approximate surface area is 158 Å². The second-order valence-electron chi connectivity index (χ2n) is 6.55. The number of benzene rings is 1. The van der Waals surface area contributed by atoms with Crippen LogP contribution < -0.4 is 5.32 Å². The minimum absolute atomic E-state index is 0.612. The molecule has 4 rings (SSSR count). The van der Waals surface area contributed by atoms with E-state index in [2.05, 4.69) is 46.2 Å². The standard InChI is InChI=1S/C22H20N4O/c1-14-10-11-23-20(12-14)26-19-9-5-8-17(25-19)18-13-24-22(27-18)21-15(2)6-4-7-16(21)3/h4-13H,1-3H3,(H,23,25,26). The van der Waals surface area contributed by atoms with Gasteiger partial charge in [-0.2, -0.15) is 0 Å². The second-order valence-corrected chi connectivity index (χ2v) is 6.55. The number of rotatable bonds is 4. The van der Waals surface area contributed by atoms with Crippen LogP contribution in [-0.4, -0.2) is 15.0 Å². The molecule has 0 amide bonds. The van der Waals surface area contributed by atoms with E-state index in [1.54, 1.807) is 12.4 Å². The fraction of sp³-hybridized carbons (Fsp3) is 0.136. The van der Waals surface area contributed by atoms with Crippen LogP contribution in [0.3, 0.4) is 0 Å². The highest BCUT2D eigenvalue weighted by atomic mass is 16.4. The monoisotopic (exact) mass is 356 g/mol. The van der Waals surface area contributed by atoms with Gasteiger partial charge >= 0.3 is 0 Å². The molecule has 0 aliphatic heterocycles. The van der Waals surface area contributed by atoms with Gasteiger partial charge < -0.3 is 9.73 Å². The second kappa shape index (κ2) is 7.03. The van der Waals surface area contributed by atoms with E-state index in [4.69, 9.17) is 4.42 Å². The maximum atomic E-state index is 6.02. The molecule has 0 spiro atoms. The predicted molar refractivity (Wildman–Crippen MR) is 107 cm³/mol. The average Bonchev–Trinajstić information content (AvgIpc) is 3.12. The third kappa shape index (κ3) is 3.58. The summed E-state index contributed by atoms with van der Waals surface area (Å²) in [5.74, 6) is 2.71.